The number of benzene rings is 1. The van der Waals surface area contributed by atoms with E-state index in [4.69, 9.17) is 4.98 Å². The van der Waals surface area contributed by atoms with Crippen molar-refractivity contribution in [3.05, 3.63) is 72.8 Å². The van der Waals surface area contributed by atoms with Gasteiger partial charge in [0.15, 0.2) is 0 Å². The summed E-state index contributed by atoms with van der Waals surface area (Å²) < 4.78 is 2.14. The second-order valence-corrected chi connectivity index (χ2v) is 8.93. The van der Waals surface area contributed by atoms with Crippen molar-refractivity contribution in [3.63, 3.8) is 0 Å². The molecule has 32 heavy (non-hydrogen) atoms. The monoisotopic (exact) mass is 425 g/mol. The number of hydrogen-bond acceptors (Lipinski definition) is 6. The fourth-order valence-corrected chi connectivity index (χ4v) is 5.16. The van der Waals surface area contributed by atoms with Gasteiger partial charge in [0, 0.05) is 61.6 Å². The lowest BCUT2D eigenvalue weighted by atomic mass is 10.1. The average molecular weight is 426 g/mol. The molecule has 0 amide bonds. The summed E-state index contributed by atoms with van der Waals surface area (Å²) >= 11 is 0. The van der Waals surface area contributed by atoms with Crippen molar-refractivity contribution in [3.8, 4) is 11.1 Å². The number of imidazole rings is 1. The molecule has 0 unspecified atom stereocenters. The molecule has 5 heterocycles. The summed E-state index contributed by atoms with van der Waals surface area (Å²) in [6.07, 6.45) is 8.91. The van der Waals surface area contributed by atoms with Gasteiger partial charge in [0.05, 0.1) is 0 Å². The highest BCUT2D eigenvalue weighted by Gasteiger charge is 2.42. The van der Waals surface area contributed by atoms with Crippen LogP contribution in [0.1, 0.15) is 24.9 Å². The smallest absolute Gasteiger partial charge is 0.211 e. The molecule has 2 bridgehead atoms. The summed E-state index contributed by atoms with van der Waals surface area (Å²) in [5, 5.41) is 3.52. The molecule has 0 radical (unpaired) electrons. The van der Waals surface area contributed by atoms with Gasteiger partial charge in [-0.15, -0.1) is 0 Å². The van der Waals surface area contributed by atoms with Crippen molar-refractivity contribution in [1.29, 1.82) is 0 Å². The maximum atomic E-state index is 4.91. The van der Waals surface area contributed by atoms with Gasteiger partial charge in [-0.2, -0.15) is 0 Å². The molecular weight excluding hydrogens is 398 g/mol. The van der Waals surface area contributed by atoms with Crippen LogP contribution < -0.4 is 10.2 Å². The van der Waals surface area contributed by atoms with Crippen LogP contribution in [0.3, 0.4) is 0 Å². The predicted molar refractivity (Wildman–Crippen MR) is 127 cm³/mol. The number of likely N-dealkylation sites (N-methyl/N-ethyl adjacent to an activating group) is 1. The van der Waals surface area contributed by atoms with Crippen LogP contribution in [0, 0.1) is 0 Å². The van der Waals surface area contributed by atoms with Crippen molar-refractivity contribution in [2.24, 2.45) is 0 Å². The van der Waals surface area contributed by atoms with Gasteiger partial charge in [0.1, 0.15) is 11.5 Å². The van der Waals surface area contributed by atoms with E-state index in [0.717, 1.165) is 41.6 Å². The standard InChI is InChI=1S/C25H27N7/c1-17(18-6-4-3-5-7-18)29-23-12-19(8-9-26-23)22-14-28-25(31-11-10-27-24(22)31)32-16-20-13-21(32)15-30(20)2/h3-12,14,17,20-21H,13,15-16H2,1-2H3,(H,26,29)/t17-,20-,21-/m0/s1. The summed E-state index contributed by atoms with van der Waals surface area (Å²) in [5.41, 5.74) is 4.23. The summed E-state index contributed by atoms with van der Waals surface area (Å²) in [4.78, 5) is 19.0. The topological polar surface area (TPSA) is 61.6 Å². The maximum Gasteiger partial charge on any atom is 0.211 e. The van der Waals surface area contributed by atoms with E-state index in [-0.39, 0.29) is 6.04 Å². The number of rotatable bonds is 5. The van der Waals surface area contributed by atoms with Gasteiger partial charge in [0.25, 0.3) is 0 Å². The van der Waals surface area contributed by atoms with Crippen molar-refractivity contribution in [2.45, 2.75) is 31.5 Å². The molecule has 6 rings (SSSR count). The Morgan fingerprint density at radius 3 is 2.66 bits per heavy atom. The van der Waals surface area contributed by atoms with E-state index in [1.54, 1.807) is 0 Å². The molecule has 7 nitrogen and oxygen atoms in total. The number of hydrogen-bond donors (Lipinski definition) is 1. The lowest BCUT2D eigenvalue weighted by Gasteiger charge is -2.33. The highest BCUT2D eigenvalue weighted by molar-refractivity contribution is 5.79. The second-order valence-electron chi connectivity index (χ2n) is 8.93. The highest BCUT2D eigenvalue weighted by Crippen LogP contribution is 2.34. The number of piperazine rings is 1. The minimum Gasteiger partial charge on any atom is -0.364 e. The molecule has 0 saturated carbocycles. The van der Waals surface area contributed by atoms with Gasteiger partial charge in [-0.3, -0.25) is 9.30 Å². The summed E-state index contributed by atoms with van der Waals surface area (Å²) in [5.74, 6) is 1.83. The third-order valence-corrected chi connectivity index (χ3v) is 6.91. The van der Waals surface area contributed by atoms with E-state index in [1.807, 2.05) is 36.9 Å². The normalized spacial score (nSPS) is 21.4. The Bertz CT molecular complexity index is 1250. The number of nitrogens with one attached hydrogen (secondary N) is 1. The zero-order chi connectivity index (χ0) is 21.7. The number of aromatic nitrogens is 4. The Kier molecular flexibility index (Phi) is 4.57. The summed E-state index contributed by atoms with van der Waals surface area (Å²) in [6, 6.07) is 15.8. The number of likely N-dealkylation sites (tertiary alicyclic amines) is 1. The summed E-state index contributed by atoms with van der Waals surface area (Å²) in [6.45, 7) is 4.28. The first-order chi connectivity index (χ1) is 15.7. The Hall–Kier alpha value is -3.45. The minimum absolute atomic E-state index is 0.162. The van der Waals surface area contributed by atoms with Gasteiger partial charge in [0.2, 0.25) is 5.95 Å². The van der Waals surface area contributed by atoms with Crippen molar-refractivity contribution < 1.29 is 0 Å². The van der Waals surface area contributed by atoms with E-state index in [0.29, 0.717) is 12.1 Å². The molecule has 7 heteroatoms. The lowest BCUT2D eigenvalue weighted by molar-refractivity contribution is 0.291. The van der Waals surface area contributed by atoms with E-state index >= 15 is 0 Å². The molecule has 4 aromatic rings. The molecule has 0 spiro atoms. The zero-order valence-electron chi connectivity index (χ0n) is 18.4. The maximum absolute atomic E-state index is 4.91. The first-order valence-electron chi connectivity index (χ1n) is 11.2. The Morgan fingerprint density at radius 2 is 1.88 bits per heavy atom. The largest absolute Gasteiger partial charge is 0.364 e. The molecule has 2 fully saturated rings. The fourth-order valence-electron chi connectivity index (χ4n) is 5.16. The second kappa shape index (κ2) is 7.60. The molecule has 162 valence electrons. The Balaban J connectivity index is 1.31. The molecule has 2 saturated heterocycles. The third-order valence-electron chi connectivity index (χ3n) is 6.91. The van der Waals surface area contributed by atoms with E-state index in [2.05, 4.69) is 73.8 Å². The van der Waals surface area contributed by atoms with E-state index < -0.39 is 0 Å². The Labute approximate surface area is 187 Å². The van der Waals surface area contributed by atoms with Crippen LogP contribution in [0.15, 0.2) is 67.3 Å². The van der Waals surface area contributed by atoms with Gasteiger partial charge >= 0.3 is 0 Å². The van der Waals surface area contributed by atoms with Gasteiger partial charge in [-0.05, 0) is 43.7 Å². The Morgan fingerprint density at radius 1 is 1.00 bits per heavy atom. The number of nitrogens with zero attached hydrogens (tertiary/aromatic N) is 6. The lowest BCUT2D eigenvalue weighted by Crippen LogP contribution is -2.45. The van der Waals surface area contributed by atoms with Crippen molar-refractivity contribution in [2.75, 3.05) is 30.4 Å². The van der Waals surface area contributed by atoms with E-state index in [1.165, 1.54) is 12.0 Å². The third kappa shape index (κ3) is 3.20. The predicted octanol–water partition coefficient (Wildman–Crippen LogP) is 3.86. The minimum atomic E-state index is 0.162. The zero-order valence-corrected chi connectivity index (χ0v) is 18.4. The molecule has 1 aromatic carbocycles. The van der Waals surface area contributed by atoms with Gasteiger partial charge in [-0.25, -0.2) is 15.0 Å². The van der Waals surface area contributed by atoms with Crippen LogP contribution in [-0.4, -0.2) is 56.5 Å². The molecule has 2 aliphatic rings. The first kappa shape index (κ1) is 19.3. The van der Waals surface area contributed by atoms with Crippen LogP contribution >= 0.6 is 0 Å². The average Bonchev–Trinajstić information content (AvgIpc) is 3.55. The summed E-state index contributed by atoms with van der Waals surface area (Å²) in [7, 11) is 2.22. The molecule has 3 atom stereocenters. The molecule has 2 aliphatic heterocycles. The van der Waals surface area contributed by atoms with Gasteiger partial charge < -0.3 is 10.2 Å². The molecule has 3 aromatic heterocycles. The number of anilines is 2. The fraction of sp³-hybridized carbons (Fsp3) is 0.320. The van der Waals surface area contributed by atoms with Crippen LogP contribution in [0.4, 0.5) is 11.8 Å². The van der Waals surface area contributed by atoms with Crippen LogP contribution in [0.5, 0.6) is 0 Å². The molecule has 0 aliphatic carbocycles. The van der Waals surface area contributed by atoms with Crippen molar-refractivity contribution >= 4 is 17.4 Å². The quantitative estimate of drug-likeness (QED) is 0.524. The van der Waals surface area contributed by atoms with Gasteiger partial charge in [-0.1, -0.05) is 30.3 Å². The number of pyridine rings is 1. The SMILES string of the molecule is C[C@H](Nc1cc(-c2cnc(N3C[C@@H]4C[C@H]3CN4C)n3ccnc23)ccn1)c1ccccc1. The van der Waals surface area contributed by atoms with Crippen LogP contribution in [-0.2, 0) is 0 Å². The molecule has 1 N–H and O–H groups in total. The first-order valence-corrected chi connectivity index (χ1v) is 11.2. The van der Waals surface area contributed by atoms with Crippen molar-refractivity contribution in [1.82, 2.24) is 24.3 Å². The molecular formula is C25H27N7. The highest BCUT2D eigenvalue weighted by atomic mass is 15.4. The van der Waals surface area contributed by atoms with Crippen LogP contribution in [0.25, 0.3) is 16.8 Å². The van der Waals surface area contributed by atoms with Crippen LogP contribution in [0.2, 0.25) is 0 Å². The number of fused-ring (bicyclic) bond motifs is 3. The van der Waals surface area contributed by atoms with E-state index in [9.17, 15) is 0 Å².